The molecule has 0 fully saturated rings. The van der Waals surface area contributed by atoms with Crippen LogP contribution in [0, 0.1) is 0 Å². The Morgan fingerprint density at radius 2 is 1.70 bits per heavy atom. The summed E-state index contributed by atoms with van der Waals surface area (Å²) in [6.45, 7) is 1.41. The van der Waals surface area contributed by atoms with E-state index in [1.54, 1.807) is 7.11 Å². The van der Waals surface area contributed by atoms with Gasteiger partial charge in [-0.15, -0.1) is 0 Å². The van der Waals surface area contributed by atoms with Crippen molar-refractivity contribution < 1.29 is 9.84 Å². The molecule has 0 bridgehead atoms. The zero-order chi connectivity index (χ0) is 14.4. The predicted molar refractivity (Wildman–Crippen MR) is 80.7 cm³/mol. The molecule has 20 heavy (non-hydrogen) atoms. The minimum absolute atomic E-state index is 0.459. The smallest absolute Gasteiger partial charge is 0.118 e. The summed E-state index contributed by atoms with van der Waals surface area (Å²) in [6, 6.07) is 17.8. The summed E-state index contributed by atoms with van der Waals surface area (Å²) in [6.07, 6.45) is -0.459. The molecule has 0 heterocycles. The topological polar surface area (TPSA) is 32.7 Å². The third kappa shape index (κ3) is 4.08. The second-order valence-corrected chi connectivity index (χ2v) is 4.97. The lowest BCUT2D eigenvalue weighted by Crippen LogP contribution is -2.24. The summed E-state index contributed by atoms with van der Waals surface area (Å²) in [4.78, 5) is 2.11. The maximum Gasteiger partial charge on any atom is 0.118 e. The van der Waals surface area contributed by atoms with Crippen LogP contribution in [-0.4, -0.2) is 30.7 Å². The molecule has 1 unspecified atom stereocenters. The van der Waals surface area contributed by atoms with E-state index in [4.69, 9.17) is 4.74 Å². The number of ether oxygens (including phenoxy) is 1. The molecular formula is C17H21NO2. The summed E-state index contributed by atoms with van der Waals surface area (Å²) in [5.74, 6) is 0.862. The lowest BCUT2D eigenvalue weighted by atomic mass is 10.1. The second kappa shape index (κ2) is 7.08. The maximum atomic E-state index is 10.2. The van der Waals surface area contributed by atoms with E-state index in [1.807, 2.05) is 61.6 Å². The van der Waals surface area contributed by atoms with Gasteiger partial charge in [-0.3, -0.25) is 4.90 Å². The van der Waals surface area contributed by atoms with Crippen molar-refractivity contribution in [3.05, 3.63) is 65.7 Å². The molecule has 0 amide bonds. The summed E-state index contributed by atoms with van der Waals surface area (Å²) in [5.41, 5.74) is 2.16. The van der Waals surface area contributed by atoms with Gasteiger partial charge in [-0.1, -0.05) is 42.5 Å². The van der Waals surface area contributed by atoms with Crippen LogP contribution in [0.4, 0.5) is 0 Å². The van der Waals surface area contributed by atoms with E-state index in [0.29, 0.717) is 6.54 Å². The Bertz CT molecular complexity index is 510. The third-order valence-electron chi connectivity index (χ3n) is 3.28. The van der Waals surface area contributed by atoms with Crippen molar-refractivity contribution in [2.24, 2.45) is 0 Å². The molecule has 1 N–H and O–H groups in total. The number of likely N-dealkylation sites (N-methyl/N-ethyl adjacent to an activating group) is 1. The van der Waals surface area contributed by atoms with E-state index in [1.165, 1.54) is 5.56 Å². The largest absolute Gasteiger partial charge is 0.497 e. The molecule has 0 aromatic heterocycles. The first-order chi connectivity index (χ1) is 9.69. The Kier molecular flexibility index (Phi) is 5.16. The maximum absolute atomic E-state index is 10.2. The van der Waals surface area contributed by atoms with E-state index in [2.05, 4.69) is 4.90 Å². The van der Waals surface area contributed by atoms with Crippen LogP contribution in [0.15, 0.2) is 54.6 Å². The molecule has 0 spiro atoms. The first-order valence-corrected chi connectivity index (χ1v) is 6.73. The number of nitrogens with zero attached hydrogens (tertiary/aromatic N) is 1. The van der Waals surface area contributed by atoms with Crippen LogP contribution in [0.3, 0.4) is 0 Å². The highest BCUT2D eigenvalue weighted by molar-refractivity contribution is 5.27. The van der Waals surface area contributed by atoms with Gasteiger partial charge in [0.15, 0.2) is 0 Å². The molecule has 1 atom stereocenters. The average Bonchev–Trinajstić information content (AvgIpc) is 2.49. The van der Waals surface area contributed by atoms with Crippen LogP contribution >= 0.6 is 0 Å². The predicted octanol–water partition coefficient (Wildman–Crippen LogP) is 2.86. The zero-order valence-electron chi connectivity index (χ0n) is 12.0. The van der Waals surface area contributed by atoms with Crippen LogP contribution in [0.25, 0.3) is 0 Å². The van der Waals surface area contributed by atoms with Gasteiger partial charge in [0.1, 0.15) is 5.75 Å². The zero-order valence-corrected chi connectivity index (χ0v) is 12.0. The van der Waals surface area contributed by atoms with Crippen molar-refractivity contribution in [3.8, 4) is 5.75 Å². The van der Waals surface area contributed by atoms with E-state index < -0.39 is 6.10 Å². The van der Waals surface area contributed by atoms with Crippen molar-refractivity contribution in [1.29, 1.82) is 0 Å². The fourth-order valence-electron chi connectivity index (χ4n) is 2.18. The Morgan fingerprint density at radius 3 is 2.30 bits per heavy atom. The van der Waals surface area contributed by atoms with Gasteiger partial charge in [-0.25, -0.2) is 0 Å². The molecule has 0 aliphatic carbocycles. The van der Waals surface area contributed by atoms with Gasteiger partial charge in [-0.2, -0.15) is 0 Å². The number of hydrogen-bond acceptors (Lipinski definition) is 3. The summed E-state index contributed by atoms with van der Waals surface area (Å²) in [7, 11) is 3.67. The molecule has 0 radical (unpaired) electrons. The lowest BCUT2D eigenvalue weighted by Gasteiger charge is -2.21. The molecule has 0 saturated heterocycles. The standard InChI is InChI=1S/C17H21NO2/c1-18(12-14-8-10-16(20-2)11-9-14)13-17(19)15-6-4-3-5-7-15/h3-11,17,19H,12-13H2,1-2H3. The van der Waals surface area contributed by atoms with Gasteiger partial charge >= 0.3 is 0 Å². The van der Waals surface area contributed by atoms with Gasteiger partial charge < -0.3 is 9.84 Å². The third-order valence-corrected chi connectivity index (χ3v) is 3.28. The highest BCUT2D eigenvalue weighted by atomic mass is 16.5. The number of benzene rings is 2. The van der Waals surface area contributed by atoms with Crippen LogP contribution in [-0.2, 0) is 6.54 Å². The number of aliphatic hydroxyl groups excluding tert-OH is 1. The number of aliphatic hydroxyl groups is 1. The van der Waals surface area contributed by atoms with Crippen LogP contribution in [0.5, 0.6) is 5.75 Å². The van der Waals surface area contributed by atoms with Gasteiger partial charge in [0.2, 0.25) is 0 Å². The molecule has 0 saturated carbocycles. The van der Waals surface area contributed by atoms with Crippen molar-refractivity contribution in [2.45, 2.75) is 12.6 Å². The Morgan fingerprint density at radius 1 is 1.05 bits per heavy atom. The number of hydrogen-bond donors (Lipinski definition) is 1. The fourth-order valence-corrected chi connectivity index (χ4v) is 2.18. The van der Waals surface area contributed by atoms with E-state index in [0.717, 1.165) is 17.9 Å². The quantitative estimate of drug-likeness (QED) is 0.877. The highest BCUT2D eigenvalue weighted by Crippen LogP contribution is 2.16. The van der Waals surface area contributed by atoms with Gasteiger partial charge in [0, 0.05) is 13.1 Å². The first kappa shape index (κ1) is 14.6. The summed E-state index contributed by atoms with van der Waals surface area (Å²) in [5, 5.41) is 10.2. The number of rotatable bonds is 6. The molecule has 0 aliphatic heterocycles. The van der Waals surface area contributed by atoms with Gasteiger partial charge in [0.05, 0.1) is 13.2 Å². The van der Waals surface area contributed by atoms with Crippen molar-refractivity contribution in [2.75, 3.05) is 20.7 Å². The van der Waals surface area contributed by atoms with E-state index in [9.17, 15) is 5.11 Å². The van der Waals surface area contributed by atoms with Crippen LogP contribution in [0.1, 0.15) is 17.2 Å². The highest BCUT2D eigenvalue weighted by Gasteiger charge is 2.10. The van der Waals surface area contributed by atoms with Crippen molar-refractivity contribution in [3.63, 3.8) is 0 Å². The Hall–Kier alpha value is -1.84. The first-order valence-electron chi connectivity index (χ1n) is 6.73. The average molecular weight is 271 g/mol. The molecular weight excluding hydrogens is 250 g/mol. The molecule has 3 nitrogen and oxygen atoms in total. The van der Waals surface area contributed by atoms with Gasteiger partial charge in [-0.05, 0) is 30.3 Å². The molecule has 3 heteroatoms. The molecule has 106 valence electrons. The summed E-state index contributed by atoms with van der Waals surface area (Å²) >= 11 is 0. The summed E-state index contributed by atoms with van der Waals surface area (Å²) < 4.78 is 5.14. The van der Waals surface area contributed by atoms with E-state index >= 15 is 0 Å². The Balaban J connectivity index is 1.90. The molecule has 2 aromatic rings. The minimum Gasteiger partial charge on any atom is -0.497 e. The molecule has 2 aromatic carbocycles. The molecule has 0 aliphatic rings. The second-order valence-electron chi connectivity index (χ2n) is 4.97. The fraction of sp³-hybridized carbons (Fsp3) is 0.294. The van der Waals surface area contributed by atoms with Gasteiger partial charge in [0.25, 0.3) is 0 Å². The Labute approximate surface area is 120 Å². The number of methoxy groups -OCH3 is 1. The lowest BCUT2D eigenvalue weighted by molar-refractivity contribution is 0.124. The van der Waals surface area contributed by atoms with Crippen LogP contribution in [0.2, 0.25) is 0 Å². The SMILES string of the molecule is COc1ccc(CN(C)CC(O)c2ccccc2)cc1. The van der Waals surface area contributed by atoms with Crippen LogP contribution < -0.4 is 4.74 Å². The molecule has 2 rings (SSSR count). The normalized spacial score (nSPS) is 12.4. The van der Waals surface area contributed by atoms with Crippen molar-refractivity contribution in [1.82, 2.24) is 4.90 Å². The minimum atomic E-state index is -0.459. The monoisotopic (exact) mass is 271 g/mol. The van der Waals surface area contributed by atoms with E-state index in [-0.39, 0.29) is 0 Å². The van der Waals surface area contributed by atoms with Crippen molar-refractivity contribution >= 4 is 0 Å².